The largest absolute Gasteiger partial charge is 0.351 e. The molecular formula is C15H18N4O. The van der Waals surface area contributed by atoms with E-state index in [1.807, 2.05) is 31.2 Å². The summed E-state index contributed by atoms with van der Waals surface area (Å²) in [6.45, 7) is 4.01. The first-order valence-electron chi connectivity index (χ1n) is 6.75. The number of primary amides is 1. The average Bonchev–Trinajstić information content (AvgIpc) is 2.46. The van der Waals surface area contributed by atoms with Crippen LogP contribution in [0, 0.1) is 0 Å². The maximum absolute atomic E-state index is 11.8. The van der Waals surface area contributed by atoms with Crippen molar-refractivity contribution >= 4 is 16.8 Å². The van der Waals surface area contributed by atoms with Gasteiger partial charge in [-0.1, -0.05) is 24.3 Å². The predicted molar refractivity (Wildman–Crippen MR) is 78.3 cm³/mol. The van der Waals surface area contributed by atoms with Crippen LogP contribution in [0.15, 0.2) is 36.5 Å². The first-order valence-corrected chi connectivity index (χ1v) is 6.75. The quantitative estimate of drug-likeness (QED) is 0.823. The minimum Gasteiger partial charge on any atom is -0.351 e. The number of benzene rings is 1. The number of carbonyl (C=O) groups excluding carboxylic acids is 1. The van der Waals surface area contributed by atoms with Crippen LogP contribution in [0.2, 0.25) is 0 Å². The van der Waals surface area contributed by atoms with E-state index in [4.69, 9.17) is 5.73 Å². The van der Waals surface area contributed by atoms with Crippen molar-refractivity contribution in [1.29, 1.82) is 0 Å². The normalized spacial score (nSPS) is 22.9. The summed E-state index contributed by atoms with van der Waals surface area (Å²) in [5.74, 6) is 0. The molecule has 1 aliphatic rings. The number of carbonyl (C=O) groups is 1. The van der Waals surface area contributed by atoms with Gasteiger partial charge in [0, 0.05) is 31.2 Å². The lowest BCUT2D eigenvalue weighted by Crippen LogP contribution is -2.61. The monoisotopic (exact) mass is 270 g/mol. The minimum atomic E-state index is -0.523. The first kappa shape index (κ1) is 12.9. The van der Waals surface area contributed by atoms with E-state index in [2.05, 4.69) is 16.4 Å². The van der Waals surface area contributed by atoms with Gasteiger partial charge in [-0.25, -0.2) is 4.79 Å². The molecule has 2 amide bonds. The number of piperazine rings is 1. The summed E-state index contributed by atoms with van der Waals surface area (Å²) >= 11 is 0. The molecule has 5 nitrogen and oxygen atoms in total. The molecule has 0 bridgehead atoms. The fraction of sp³-hybridized carbons (Fsp3) is 0.333. The van der Waals surface area contributed by atoms with Crippen LogP contribution >= 0.6 is 0 Å². The zero-order valence-corrected chi connectivity index (χ0v) is 11.5. The van der Waals surface area contributed by atoms with Crippen molar-refractivity contribution in [3.05, 3.63) is 42.2 Å². The number of urea groups is 1. The molecule has 20 heavy (non-hydrogen) atoms. The van der Waals surface area contributed by atoms with Crippen molar-refractivity contribution in [3.63, 3.8) is 0 Å². The fourth-order valence-corrected chi connectivity index (χ4v) is 2.98. The molecule has 0 radical (unpaired) electrons. The summed E-state index contributed by atoms with van der Waals surface area (Å²) in [6.07, 6.45) is 1.79. The van der Waals surface area contributed by atoms with Gasteiger partial charge in [-0.3, -0.25) is 4.98 Å². The molecular weight excluding hydrogens is 252 g/mol. The van der Waals surface area contributed by atoms with Crippen LogP contribution in [0.3, 0.4) is 0 Å². The molecule has 1 fully saturated rings. The molecule has 1 unspecified atom stereocenters. The number of hydrogen-bond acceptors (Lipinski definition) is 3. The second kappa shape index (κ2) is 4.76. The van der Waals surface area contributed by atoms with Crippen molar-refractivity contribution in [2.24, 2.45) is 5.73 Å². The van der Waals surface area contributed by atoms with E-state index in [9.17, 15) is 4.79 Å². The molecule has 3 N–H and O–H groups in total. The van der Waals surface area contributed by atoms with E-state index in [1.54, 1.807) is 11.1 Å². The highest BCUT2D eigenvalue weighted by molar-refractivity contribution is 5.86. The van der Waals surface area contributed by atoms with E-state index in [0.717, 1.165) is 23.0 Å². The molecule has 0 saturated carbocycles. The Morgan fingerprint density at radius 2 is 2.20 bits per heavy atom. The van der Waals surface area contributed by atoms with Crippen LogP contribution < -0.4 is 11.1 Å². The van der Waals surface area contributed by atoms with E-state index >= 15 is 0 Å². The molecule has 3 rings (SSSR count). The zero-order chi connectivity index (χ0) is 14.2. The maximum Gasteiger partial charge on any atom is 0.315 e. The van der Waals surface area contributed by atoms with Gasteiger partial charge < -0.3 is 16.0 Å². The Bertz CT molecular complexity index is 652. The van der Waals surface area contributed by atoms with Crippen LogP contribution in [-0.4, -0.2) is 35.5 Å². The predicted octanol–water partition coefficient (Wildman–Crippen LogP) is 1.43. The van der Waals surface area contributed by atoms with E-state index in [0.29, 0.717) is 13.1 Å². The molecule has 0 spiro atoms. The SMILES string of the molecule is CC1(c2nccc3ccccc23)CNCCN1C(N)=O. The van der Waals surface area contributed by atoms with Crippen LogP contribution in [0.4, 0.5) is 4.79 Å². The van der Waals surface area contributed by atoms with Crippen molar-refractivity contribution in [2.45, 2.75) is 12.5 Å². The Morgan fingerprint density at radius 3 is 3.00 bits per heavy atom. The smallest absolute Gasteiger partial charge is 0.315 e. The molecule has 2 aromatic rings. The van der Waals surface area contributed by atoms with Crippen LogP contribution in [0.25, 0.3) is 10.8 Å². The summed E-state index contributed by atoms with van der Waals surface area (Å²) in [6, 6.07) is 9.66. The number of fused-ring (bicyclic) bond motifs is 1. The molecule has 0 aliphatic carbocycles. The lowest BCUT2D eigenvalue weighted by atomic mass is 9.89. The molecule has 1 aliphatic heterocycles. The highest BCUT2D eigenvalue weighted by Crippen LogP contribution is 2.32. The number of nitrogens with one attached hydrogen (secondary N) is 1. The number of hydrogen-bond donors (Lipinski definition) is 2. The van der Waals surface area contributed by atoms with Crippen LogP contribution in [0.5, 0.6) is 0 Å². The molecule has 2 heterocycles. The molecule has 1 aromatic heterocycles. The number of aromatic nitrogens is 1. The molecule has 5 heteroatoms. The van der Waals surface area contributed by atoms with Gasteiger partial charge in [0.05, 0.1) is 11.2 Å². The van der Waals surface area contributed by atoms with Crippen molar-refractivity contribution in [2.75, 3.05) is 19.6 Å². The number of amides is 2. The van der Waals surface area contributed by atoms with Gasteiger partial charge in [-0.2, -0.15) is 0 Å². The minimum absolute atomic E-state index is 0.399. The van der Waals surface area contributed by atoms with Crippen molar-refractivity contribution < 1.29 is 4.79 Å². The van der Waals surface area contributed by atoms with Gasteiger partial charge >= 0.3 is 6.03 Å². The Balaban J connectivity index is 2.19. The van der Waals surface area contributed by atoms with Crippen molar-refractivity contribution in [3.8, 4) is 0 Å². The van der Waals surface area contributed by atoms with Gasteiger partial charge in [0.25, 0.3) is 0 Å². The summed E-state index contributed by atoms with van der Waals surface area (Å²) < 4.78 is 0. The average molecular weight is 270 g/mol. The summed E-state index contributed by atoms with van der Waals surface area (Å²) in [7, 11) is 0. The van der Waals surface area contributed by atoms with E-state index in [-0.39, 0.29) is 0 Å². The van der Waals surface area contributed by atoms with Gasteiger partial charge in [-0.15, -0.1) is 0 Å². The highest BCUT2D eigenvalue weighted by atomic mass is 16.2. The van der Waals surface area contributed by atoms with Crippen molar-refractivity contribution in [1.82, 2.24) is 15.2 Å². The maximum atomic E-state index is 11.8. The standard InChI is InChI=1S/C15H18N4O/c1-15(10-17-8-9-19(15)14(16)20)13-12-5-3-2-4-11(12)6-7-18-13/h2-7,17H,8-10H2,1H3,(H2,16,20). The van der Waals surface area contributed by atoms with Gasteiger partial charge in [0.1, 0.15) is 0 Å². The number of rotatable bonds is 1. The summed E-state index contributed by atoms with van der Waals surface area (Å²) in [4.78, 5) is 18.0. The number of pyridine rings is 1. The molecule has 1 atom stereocenters. The Labute approximate surface area is 117 Å². The third-order valence-electron chi connectivity index (χ3n) is 4.03. The van der Waals surface area contributed by atoms with E-state index in [1.165, 1.54) is 0 Å². The Morgan fingerprint density at radius 1 is 1.40 bits per heavy atom. The number of nitrogens with two attached hydrogens (primary N) is 1. The van der Waals surface area contributed by atoms with Gasteiger partial charge in [0.2, 0.25) is 0 Å². The third kappa shape index (κ3) is 1.91. The second-order valence-corrected chi connectivity index (χ2v) is 5.32. The fourth-order valence-electron chi connectivity index (χ4n) is 2.98. The molecule has 104 valence electrons. The zero-order valence-electron chi connectivity index (χ0n) is 11.5. The lowest BCUT2D eigenvalue weighted by molar-refractivity contribution is 0.104. The van der Waals surface area contributed by atoms with Gasteiger partial charge in [0.15, 0.2) is 0 Å². The summed E-state index contributed by atoms with van der Waals surface area (Å²) in [5.41, 5.74) is 5.92. The van der Waals surface area contributed by atoms with Gasteiger partial charge in [-0.05, 0) is 18.4 Å². The molecule has 1 saturated heterocycles. The topological polar surface area (TPSA) is 71.2 Å². The summed E-state index contributed by atoms with van der Waals surface area (Å²) in [5, 5.41) is 5.52. The first-order chi connectivity index (χ1) is 9.63. The van der Waals surface area contributed by atoms with Crippen LogP contribution in [0.1, 0.15) is 12.6 Å². The second-order valence-electron chi connectivity index (χ2n) is 5.32. The Hall–Kier alpha value is -2.14. The highest BCUT2D eigenvalue weighted by Gasteiger charge is 2.40. The van der Waals surface area contributed by atoms with Crippen LogP contribution in [-0.2, 0) is 5.54 Å². The lowest BCUT2D eigenvalue weighted by Gasteiger charge is -2.44. The van der Waals surface area contributed by atoms with E-state index < -0.39 is 11.6 Å². The third-order valence-corrected chi connectivity index (χ3v) is 4.03. The number of nitrogens with zero attached hydrogens (tertiary/aromatic N) is 2. The Kier molecular flexibility index (Phi) is 3.06. The molecule has 1 aromatic carbocycles.